The van der Waals surface area contributed by atoms with Gasteiger partial charge >= 0.3 is 0 Å². The van der Waals surface area contributed by atoms with Crippen molar-refractivity contribution in [3.8, 4) is 0 Å². The third-order valence-corrected chi connectivity index (χ3v) is 3.70. The lowest BCUT2D eigenvalue weighted by Gasteiger charge is -2.25. The molecule has 13 heteroatoms. The predicted molar refractivity (Wildman–Crippen MR) is 102 cm³/mol. The van der Waals surface area contributed by atoms with E-state index in [1.165, 1.54) is 4.80 Å². The fraction of sp³-hybridized carbons (Fsp3) is 0.750. The highest BCUT2D eigenvalue weighted by atomic mass is 16.6. The van der Waals surface area contributed by atoms with Crippen LogP contribution in [0, 0.1) is 0 Å². The summed E-state index contributed by atoms with van der Waals surface area (Å²) < 4.78 is 0.443. The maximum Gasteiger partial charge on any atom is 0.275 e. The molecule has 164 valence electrons. The summed E-state index contributed by atoms with van der Waals surface area (Å²) in [6.07, 6.45) is 1.68. The fourth-order valence-electron chi connectivity index (χ4n) is 2.45. The highest BCUT2D eigenvalue weighted by Crippen LogP contribution is 2.03. The summed E-state index contributed by atoms with van der Waals surface area (Å²) in [7, 11) is 7.30. The Balaban J connectivity index is 2.54. The van der Waals surface area contributed by atoms with Gasteiger partial charge in [0.1, 0.15) is 12.6 Å². The molecule has 1 heterocycles. The number of nitrogens with one attached hydrogen (secondary N) is 3. The number of rotatable bonds is 13. The molecule has 13 nitrogen and oxygen atoms in total. The lowest BCUT2D eigenvalue weighted by molar-refractivity contribution is -0.862. The Morgan fingerprint density at radius 1 is 1.17 bits per heavy atom. The zero-order valence-corrected chi connectivity index (χ0v) is 17.5. The monoisotopic (exact) mass is 414 g/mol. The van der Waals surface area contributed by atoms with Crippen LogP contribution < -0.4 is 21.8 Å². The highest BCUT2D eigenvalue weighted by molar-refractivity contribution is 5.87. The molecular weight excluding hydrogens is 382 g/mol. The molecule has 5 N–H and O–H groups in total. The maximum absolute atomic E-state index is 12.6. The first-order chi connectivity index (χ1) is 13.6. The molecule has 1 aromatic rings. The smallest absolute Gasteiger partial charge is 0.275 e. The van der Waals surface area contributed by atoms with Crippen LogP contribution in [-0.2, 0) is 32.8 Å². The number of likely N-dealkylation sites (N-methyl/N-ethyl adjacent to an activating group) is 1. The van der Waals surface area contributed by atoms with Gasteiger partial charge in [0.15, 0.2) is 12.4 Å². The quantitative estimate of drug-likeness (QED) is 0.152. The molecule has 0 saturated carbocycles. The third-order valence-electron chi connectivity index (χ3n) is 3.70. The number of carbonyl (C=O) groups excluding carboxylic acids is 3. The second-order valence-electron chi connectivity index (χ2n) is 7.64. The van der Waals surface area contributed by atoms with Crippen molar-refractivity contribution >= 4 is 17.7 Å². The number of aromatic nitrogens is 4. The lowest BCUT2D eigenvalue weighted by atomic mass is 10.1. The van der Waals surface area contributed by atoms with Gasteiger partial charge in [0.25, 0.3) is 5.91 Å². The molecule has 0 saturated heterocycles. The van der Waals surface area contributed by atoms with Crippen molar-refractivity contribution in [3.63, 3.8) is 0 Å². The van der Waals surface area contributed by atoms with E-state index in [0.717, 1.165) is 0 Å². The Morgan fingerprint density at radius 3 is 2.48 bits per heavy atom. The second-order valence-corrected chi connectivity index (χ2v) is 7.64. The van der Waals surface area contributed by atoms with E-state index in [4.69, 9.17) is 5.90 Å². The van der Waals surface area contributed by atoms with Gasteiger partial charge in [-0.05, 0) is 24.5 Å². The SMILES string of the molecule is Cn1nnc(CNC(=O)[C@H](CCCCNC(=O)CON)NC(=O)C[N+](C)(C)C)n1. The number of quaternary nitrogens is 1. The molecule has 0 spiro atoms. The van der Waals surface area contributed by atoms with Gasteiger partial charge in [-0.25, -0.2) is 5.90 Å². The molecule has 29 heavy (non-hydrogen) atoms. The maximum atomic E-state index is 12.6. The molecule has 0 aromatic carbocycles. The minimum Gasteiger partial charge on any atom is -0.354 e. The Kier molecular flexibility index (Phi) is 10.1. The van der Waals surface area contributed by atoms with Crippen LogP contribution in [0.5, 0.6) is 0 Å². The summed E-state index contributed by atoms with van der Waals surface area (Å²) >= 11 is 0. The molecule has 1 aromatic heterocycles. The summed E-state index contributed by atoms with van der Waals surface area (Å²) in [5, 5.41) is 19.7. The molecule has 0 unspecified atom stereocenters. The van der Waals surface area contributed by atoms with Crippen molar-refractivity contribution < 1.29 is 23.7 Å². The van der Waals surface area contributed by atoms with E-state index >= 15 is 0 Å². The molecule has 1 rings (SSSR count). The molecule has 0 aliphatic carbocycles. The minimum absolute atomic E-state index is 0.115. The largest absolute Gasteiger partial charge is 0.354 e. The van der Waals surface area contributed by atoms with Gasteiger partial charge in [0, 0.05) is 6.54 Å². The van der Waals surface area contributed by atoms with Crippen LogP contribution in [0.15, 0.2) is 0 Å². The topological polar surface area (TPSA) is 166 Å². The summed E-state index contributed by atoms with van der Waals surface area (Å²) in [5.74, 6) is 4.36. The van der Waals surface area contributed by atoms with Crippen molar-refractivity contribution in [1.29, 1.82) is 0 Å². The van der Waals surface area contributed by atoms with Gasteiger partial charge in [0.05, 0.1) is 34.7 Å². The van der Waals surface area contributed by atoms with E-state index in [9.17, 15) is 14.4 Å². The van der Waals surface area contributed by atoms with E-state index in [0.29, 0.717) is 36.1 Å². The Labute approximate surface area is 169 Å². The summed E-state index contributed by atoms with van der Waals surface area (Å²) in [4.78, 5) is 41.7. The van der Waals surface area contributed by atoms with E-state index < -0.39 is 6.04 Å². The number of amides is 3. The number of hydrogen-bond donors (Lipinski definition) is 4. The first kappa shape index (κ1) is 24.4. The van der Waals surface area contributed by atoms with E-state index in [1.807, 2.05) is 21.1 Å². The summed E-state index contributed by atoms with van der Waals surface area (Å²) in [6, 6.07) is -0.700. The fourth-order valence-corrected chi connectivity index (χ4v) is 2.45. The number of nitrogens with zero attached hydrogens (tertiary/aromatic N) is 5. The van der Waals surface area contributed by atoms with E-state index in [2.05, 4.69) is 36.2 Å². The standard InChI is InChI=1S/C16H31N9O4/c1-24-22-13(21-23-24)9-19-16(28)12(20-14(26)10-25(2,3)4)7-5-6-8-18-15(27)11-29-17/h12H,5-11,17H2,1-4H3,(H2-,18,19,20,26,27,28)/p+1/t12-/m0/s1. The zero-order chi connectivity index (χ0) is 21.9. The summed E-state index contributed by atoms with van der Waals surface area (Å²) in [5.41, 5.74) is 0. The third kappa shape index (κ3) is 11.1. The van der Waals surface area contributed by atoms with Crippen LogP contribution in [0.2, 0.25) is 0 Å². The van der Waals surface area contributed by atoms with Crippen molar-refractivity contribution in [2.75, 3.05) is 40.8 Å². The van der Waals surface area contributed by atoms with Crippen LogP contribution in [0.4, 0.5) is 0 Å². The Hall–Kier alpha value is -2.64. The van der Waals surface area contributed by atoms with Crippen molar-refractivity contribution in [3.05, 3.63) is 5.82 Å². The second kappa shape index (κ2) is 12.0. The zero-order valence-electron chi connectivity index (χ0n) is 17.5. The summed E-state index contributed by atoms with van der Waals surface area (Å²) in [6.45, 7) is 0.573. The highest BCUT2D eigenvalue weighted by Gasteiger charge is 2.23. The van der Waals surface area contributed by atoms with Crippen molar-refractivity contribution in [1.82, 2.24) is 36.2 Å². The molecule has 0 radical (unpaired) electrons. The number of aryl methyl sites for hydroxylation is 1. The van der Waals surface area contributed by atoms with Gasteiger partial charge in [-0.1, -0.05) is 0 Å². The average molecular weight is 414 g/mol. The lowest BCUT2D eigenvalue weighted by Crippen LogP contribution is -2.51. The first-order valence-electron chi connectivity index (χ1n) is 9.29. The van der Waals surface area contributed by atoms with Crippen LogP contribution in [0.3, 0.4) is 0 Å². The number of hydrogen-bond acceptors (Lipinski definition) is 8. The molecule has 0 aliphatic heterocycles. The van der Waals surface area contributed by atoms with Crippen LogP contribution >= 0.6 is 0 Å². The molecule has 3 amide bonds. The number of carbonyl (C=O) groups is 3. The Morgan fingerprint density at radius 2 is 1.90 bits per heavy atom. The molecule has 0 fully saturated rings. The number of tetrazole rings is 1. The van der Waals surface area contributed by atoms with Gasteiger partial charge in [-0.2, -0.15) is 4.80 Å². The van der Waals surface area contributed by atoms with Gasteiger partial charge < -0.3 is 20.4 Å². The van der Waals surface area contributed by atoms with Crippen LogP contribution in [0.25, 0.3) is 0 Å². The van der Waals surface area contributed by atoms with E-state index in [-0.39, 0.29) is 37.4 Å². The first-order valence-corrected chi connectivity index (χ1v) is 9.29. The Bertz CT molecular complexity index is 672. The number of unbranched alkanes of at least 4 members (excludes halogenated alkanes) is 1. The van der Waals surface area contributed by atoms with Gasteiger partial charge in [0.2, 0.25) is 11.8 Å². The van der Waals surface area contributed by atoms with Crippen LogP contribution in [-0.4, -0.2) is 89.3 Å². The molecular formula is C16H32N9O4+. The predicted octanol–water partition coefficient (Wildman–Crippen LogP) is -2.81. The number of nitrogens with two attached hydrogens (primary N) is 1. The van der Waals surface area contributed by atoms with Gasteiger partial charge in [-0.3, -0.25) is 19.2 Å². The van der Waals surface area contributed by atoms with Crippen molar-refractivity contribution in [2.24, 2.45) is 12.9 Å². The average Bonchev–Trinajstić information content (AvgIpc) is 3.02. The normalized spacial score (nSPS) is 12.3. The molecule has 1 atom stereocenters. The van der Waals surface area contributed by atoms with Crippen molar-refractivity contribution in [2.45, 2.75) is 31.8 Å². The molecule has 0 bridgehead atoms. The van der Waals surface area contributed by atoms with E-state index in [1.54, 1.807) is 7.05 Å². The minimum atomic E-state index is -0.700. The van der Waals surface area contributed by atoms with Crippen LogP contribution in [0.1, 0.15) is 25.1 Å². The van der Waals surface area contributed by atoms with Gasteiger partial charge in [-0.15, -0.1) is 10.2 Å². The molecule has 0 aliphatic rings.